The van der Waals surface area contributed by atoms with Gasteiger partial charge in [0.2, 0.25) is 0 Å². The van der Waals surface area contributed by atoms with Gasteiger partial charge in [-0.05, 0) is 33.6 Å². The molecule has 0 aliphatic heterocycles. The Labute approximate surface area is 106 Å². The number of nitrogens with zero attached hydrogens (tertiary/aromatic N) is 2. The predicted molar refractivity (Wildman–Crippen MR) is 65.5 cm³/mol. The van der Waals surface area contributed by atoms with Crippen LogP contribution in [0.2, 0.25) is 10.0 Å². The van der Waals surface area contributed by atoms with Crippen molar-refractivity contribution in [2.24, 2.45) is 0 Å². The highest BCUT2D eigenvalue weighted by Crippen LogP contribution is 2.21. The van der Waals surface area contributed by atoms with E-state index >= 15 is 0 Å². The van der Waals surface area contributed by atoms with E-state index in [-0.39, 0.29) is 0 Å². The van der Waals surface area contributed by atoms with E-state index in [1.54, 1.807) is 16.9 Å². The molecule has 78 valence electrons. The van der Waals surface area contributed by atoms with Crippen molar-refractivity contribution in [1.29, 1.82) is 0 Å². The maximum Gasteiger partial charge on any atom is 0.0674 e. The summed E-state index contributed by atoms with van der Waals surface area (Å²) in [5.41, 5.74) is 0.997. The minimum absolute atomic E-state index is 0.640. The van der Waals surface area contributed by atoms with Crippen LogP contribution in [0.25, 0.3) is 0 Å². The van der Waals surface area contributed by atoms with Crippen LogP contribution in [0.5, 0.6) is 0 Å². The summed E-state index contributed by atoms with van der Waals surface area (Å²) < 4.78 is 2.76. The van der Waals surface area contributed by atoms with E-state index in [0.717, 1.165) is 10.0 Å². The summed E-state index contributed by atoms with van der Waals surface area (Å²) in [6, 6.07) is 5.46. The van der Waals surface area contributed by atoms with Gasteiger partial charge in [-0.2, -0.15) is 5.10 Å². The van der Waals surface area contributed by atoms with Crippen LogP contribution in [0, 0.1) is 0 Å². The minimum atomic E-state index is 0.640. The van der Waals surface area contributed by atoms with Crippen molar-refractivity contribution < 1.29 is 0 Å². The van der Waals surface area contributed by atoms with E-state index in [2.05, 4.69) is 21.0 Å². The lowest BCUT2D eigenvalue weighted by Gasteiger charge is -2.04. The summed E-state index contributed by atoms with van der Waals surface area (Å²) in [5.74, 6) is 0. The molecule has 0 aliphatic carbocycles. The predicted octanol–water partition coefficient (Wildman–Crippen LogP) is 4.00. The zero-order valence-corrected chi connectivity index (χ0v) is 10.7. The zero-order valence-electron chi connectivity index (χ0n) is 7.62. The Hall–Kier alpha value is -0.510. The fraction of sp³-hybridized carbons (Fsp3) is 0.100. The van der Waals surface area contributed by atoms with E-state index in [0.29, 0.717) is 16.6 Å². The molecule has 0 radical (unpaired) electrons. The van der Waals surface area contributed by atoms with Gasteiger partial charge in [0.05, 0.1) is 17.2 Å². The molecule has 0 unspecified atom stereocenters. The first kappa shape index (κ1) is 11.0. The molecular formula is C10H7BrCl2N2. The summed E-state index contributed by atoms with van der Waals surface area (Å²) in [6.07, 6.45) is 3.63. The van der Waals surface area contributed by atoms with E-state index in [4.69, 9.17) is 23.2 Å². The first-order valence-electron chi connectivity index (χ1n) is 4.27. The van der Waals surface area contributed by atoms with Crippen LogP contribution >= 0.6 is 39.1 Å². The second-order valence-corrected chi connectivity index (χ2v) is 4.85. The quantitative estimate of drug-likeness (QED) is 0.820. The van der Waals surface area contributed by atoms with E-state index < -0.39 is 0 Å². The van der Waals surface area contributed by atoms with Crippen molar-refractivity contribution in [2.75, 3.05) is 0 Å². The molecule has 0 saturated heterocycles. The van der Waals surface area contributed by atoms with Gasteiger partial charge in [0.25, 0.3) is 0 Å². The van der Waals surface area contributed by atoms with E-state index in [1.165, 1.54) is 0 Å². The first-order valence-corrected chi connectivity index (χ1v) is 5.82. The molecule has 15 heavy (non-hydrogen) atoms. The summed E-state index contributed by atoms with van der Waals surface area (Å²) in [5, 5.41) is 5.46. The average Bonchev–Trinajstić information content (AvgIpc) is 2.56. The van der Waals surface area contributed by atoms with Crippen LogP contribution in [-0.4, -0.2) is 9.78 Å². The molecule has 0 amide bonds. The Morgan fingerprint density at radius 1 is 1.33 bits per heavy atom. The van der Waals surface area contributed by atoms with Crippen LogP contribution in [0.15, 0.2) is 35.1 Å². The molecular weight excluding hydrogens is 299 g/mol. The van der Waals surface area contributed by atoms with Crippen molar-refractivity contribution in [2.45, 2.75) is 6.54 Å². The Morgan fingerprint density at radius 2 is 2.13 bits per heavy atom. The highest BCUT2D eigenvalue weighted by molar-refractivity contribution is 9.10. The van der Waals surface area contributed by atoms with Gasteiger partial charge in [-0.25, -0.2) is 0 Å². The number of benzene rings is 1. The Balaban J connectivity index is 2.24. The van der Waals surface area contributed by atoms with E-state index in [9.17, 15) is 0 Å². The molecule has 0 saturated carbocycles. The molecule has 5 heteroatoms. The molecule has 0 spiro atoms. The summed E-state index contributed by atoms with van der Waals surface area (Å²) in [6.45, 7) is 0.640. The SMILES string of the molecule is Clc1ccc(Cn2cc(Br)cn2)c(Cl)c1. The lowest BCUT2D eigenvalue weighted by atomic mass is 10.2. The molecule has 0 bridgehead atoms. The Morgan fingerprint density at radius 3 is 2.73 bits per heavy atom. The molecule has 1 aromatic heterocycles. The van der Waals surface area contributed by atoms with Gasteiger partial charge in [-0.3, -0.25) is 4.68 Å². The van der Waals surface area contributed by atoms with Gasteiger partial charge in [0, 0.05) is 16.2 Å². The van der Waals surface area contributed by atoms with Gasteiger partial charge >= 0.3 is 0 Å². The maximum atomic E-state index is 6.05. The van der Waals surface area contributed by atoms with Gasteiger partial charge in [-0.15, -0.1) is 0 Å². The van der Waals surface area contributed by atoms with Gasteiger partial charge in [0.1, 0.15) is 0 Å². The molecule has 0 N–H and O–H groups in total. The summed E-state index contributed by atoms with van der Waals surface area (Å²) >= 11 is 15.2. The van der Waals surface area contributed by atoms with Gasteiger partial charge in [-0.1, -0.05) is 29.3 Å². The lowest BCUT2D eigenvalue weighted by Crippen LogP contribution is -2.00. The van der Waals surface area contributed by atoms with Crippen molar-refractivity contribution >= 4 is 39.1 Å². The van der Waals surface area contributed by atoms with Crippen molar-refractivity contribution in [3.63, 3.8) is 0 Å². The monoisotopic (exact) mass is 304 g/mol. The molecule has 2 rings (SSSR count). The van der Waals surface area contributed by atoms with Crippen LogP contribution in [0.4, 0.5) is 0 Å². The van der Waals surface area contributed by atoms with Crippen LogP contribution in [-0.2, 0) is 6.54 Å². The molecule has 1 heterocycles. The van der Waals surface area contributed by atoms with Crippen LogP contribution in [0.3, 0.4) is 0 Å². The fourth-order valence-corrected chi connectivity index (χ4v) is 2.05. The number of hydrogen-bond donors (Lipinski definition) is 0. The number of rotatable bonds is 2. The van der Waals surface area contributed by atoms with Gasteiger partial charge < -0.3 is 0 Å². The Bertz CT molecular complexity index is 482. The van der Waals surface area contributed by atoms with Crippen molar-refractivity contribution in [1.82, 2.24) is 9.78 Å². The molecule has 0 atom stereocenters. The largest absolute Gasteiger partial charge is 0.267 e. The number of aromatic nitrogens is 2. The van der Waals surface area contributed by atoms with E-state index in [1.807, 2.05) is 18.3 Å². The number of halogens is 3. The van der Waals surface area contributed by atoms with Gasteiger partial charge in [0.15, 0.2) is 0 Å². The summed E-state index contributed by atoms with van der Waals surface area (Å²) in [7, 11) is 0. The normalized spacial score (nSPS) is 10.6. The fourth-order valence-electron chi connectivity index (χ4n) is 1.25. The molecule has 2 nitrogen and oxygen atoms in total. The minimum Gasteiger partial charge on any atom is -0.267 e. The molecule has 1 aromatic carbocycles. The highest BCUT2D eigenvalue weighted by atomic mass is 79.9. The molecule has 0 fully saturated rings. The van der Waals surface area contributed by atoms with Crippen LogP contribution < -0.4 is 0 Å². The van der Waals surface area contributed by atoms with Crippen molar-refractivity contribution in [3.8, 4) is 0 Å². The maximum absolute atomic E-state index is 6.05. The second kappa shape index (κ2) is 4.56. The highest BCUT2D eigenvalue weighted by Gasteiger charge is 2.03. The topological polar surface area (TPSA) is 17.8 Å². The van der Waals surface area contributed by atoms with Crippen molar-refractivity contribution in [3.05, 3.63) is 50.7 Å². The smallest absolute Gasteiger partial charge is 0.0674 e. The standard InChI is InChI=1S/C10H7BrCl2N2/c11-8-4-14-15(6-8)5-7-1-2-9(12)3-10(7)13/h1-4,6H,5H2. The lowest BCUT2D eigenvalue weighted by molar-refractivity contribution is 0.687. The average molecular weight is 306 g/mol. The first-order chi connectivity index (χ1) is 7.15. The number of hydrogen-bond acceptors (Lipinski definition) is 1. The Kier molecular flexibility index (Phi) is 3.34. The third-order valence-electron chi connectivity index (χ3n) is 1.95. The zero-order chi connectivity index (χ0) is 10.8. The third kappa shape index (κ3) is 2.74. The molecule has 2 aromatic rings. The summed E-state index contributed by atoms with van der Waals surface area (Å²) in [4.78, 5) is 0. The molecule has 0 aliphatic rings. The third-order valence-corrected chi connectivity index (χ3v) is 2.95. The van der Waals surface area contributed by atoms with Crippen LogP contribution in [0.1, 0.15) is 5.56 Å². The second-order valence-electron chi connectivity index (χ2n) is 3.09.